The molecule has 1 heterocycles. The van der Waals surface area contributed by atoms with E-state index in [1.165, 1.54) is 26.7 Å². The van der Waals surface area contributed by atoms with Gasteiger partial charge in [0.05, 0.1) is 32.0 Å². The Hall–Kier alpha value is -1.75. The zero-order chi connectivity index (χ0) is 18.9. The van der Waals surface area contributed by atoms with E-state index in [2.05, 4.69) is 105 Å². The lowest BCUT2D eigenvalue weighted by Crippen LogP contribution is -3.00. The zero-order valence-electron chi connectivity index (χ0n) is 16.7. The number of hydrogen-bond donors (Lipinski definition) is 0. The third kappa shape index (κ3) is 4.29. The lowest BCUT2D eigenvalue weighted by atomic mass is 10.1. The Bertz CT molecular complexity index is 881. The number of nitrogens with zero attached hydrogens (tertiary/aromatic N) is 2. The van der Waals surface area contributed by atoms with Crippen molar-refractivity contribution in [3.63, 3.8) is 0 Å². The highest BCUT2D eigenvalue weighted by Crippen LogP contribution is 2.48. The van der Waals surface area contributed by atoms with E-state index in [9.17, 15) is 0 Å². The van der Waals surface area contributed by atoms with Gasteiger partial charge in [-0.3, -0.25) is 0 Å². The number of quaternary nitrogens is 1. The van der Waals surface area contributed by atoms with E-state index in [-0.39, 0.29) is 17.0 Å². The number of halogens is 1. The van der Waals surface area contributed by atoms with Gasteiger partial charge in [-0.15, -0.1) is 0 Å². The molecule has 2 nitrogen and oxygen atoms in total. The van der Waals surface area contributed by atoms with Crippen LogP contribution in [0.3, 0.4) is 0 Å². The summed E-state index contributed by atoms with van der Waals surface area (Å²) in [4.78, 5) is 5.20. The van der Waals surface area contributed by atoms with Crippen LogP contribution in [0.1, 0.15) is 12.5 Å². The fourth-order valence-corrected chi connectivity index (χ4v) is 4.77. The third-order valence-corrected chi connectivity index (χ3v) is 6.74. The number of hydrogen-bond acceptors (Lipinski definition) is 2. The van der Waals surface area contributed by atoms with E-state index in [1.807, 2.05) is 11.8 Å². The molecule has 4 rings (SSSR count). The van der Waals surface area contributed by atoms with E-state index in [1.54, 1.807) is 0 Å². The summed E-state index contributed by atoms with van der Waals surface area (Å²) >= 11 is 1.88. The second kappa shape index (κ2) is 8.73. The van der Waals surface area contributed by atoms with Crippen molar-refractivity contribution in [3.05, 3.63) is 84.4 Å². The molecule has 3 aromatic rings. The average molecular weight is 455 g/mol. The van der Waals surface area contributed by atoms with Crippen molar-refractivity contribution in [2.75, 3.05) is 25.5 Å². The first-order valence-electron chi connectivity index (χ1n) is 9.55. The number of fused-ring (bicyclic) bond motifs is 2. The predicted molar refractivity (Wildman–Crippen MR) is 116 cm³/mol. The summed E-state index contributed by atoms with van der Waals surface area (Å²) in [7, 11) is 4.68. The molecule has 0 aromatic heterocycles. The van der Waals surface area contributed by atoms with Crippen LogP contribution in [0.2, 0.25) is 0 Å². The number of para-hydroxylation sites is 2. The number of benzene rings is 3. The number of likely N-dealkylation sites (N-methyl/N-ethyl adjacent to an activating group) is 1. The Balaban J connectivity index is 0.00000225. The minimum atomic E-state index is 0. The van der Waals surface area contributed by atoms with Gasteiger partial charge in [0.15, 0.2) is 0 Å². The largest absolute Gasteiger partial charge is 1.00 e. The maximum absolute atomic E-state index is 2.51. The van der Waals surface area contributed by atoms with Crippen molar-refractivity contribution in [1.29, 1.82) is 0 Å². The molecule has 0 aliphatic carbocycles. The smallest absolute Gasteiger partial charge is 0.104 e. The average Bonchev–Trinajstić information content (AvgIpc) is 2.68. The lowest BCUT2D eigenvalue weighted by molar-refractivity contribution is -0.924. The Morgan fingerprint density at radius 2 is 1.29 bits per heavy atom. The Morgan fingerprint density at radius 3 is 1.86 bits per heavy atom. The van der Waals surface area contributed by atoms with Gasteiger partial charge in [0.25, 0.3) is 0 Å². The van der Waals surface area contributed by atoms with E-state index in [4.69, 9.17) is 0 Å². The molecule has 1 aliphatic heterocycles. The van der Waals surface area contributed by atoms with Crippen molar-refractivity contribution in [3.8, 4) is 0 Å². The zero-order valence-corrected chi connectivity index (χ0v) is 19.1. The number of anilines is 2. The topological polar surface area (TPSA) is 3.24 Å². The molecule has 0 bridgehead atoms. The Kier molecular flexibility index (Phi) is 6.54. The lowest BCUT2D eigenvalue weighted by Gasteiger charge is -2.41. The van der Waals surface area contributed by atoms with Crippen LogP contribution in [-0.2, 0) is 6.54 Å². The highest BCUT2D eigenvalue weighted by molar-refractivity contribution is 7.99. The Labute approximate surface area is 183 Å². The molecule has 0 amide bonds. The van der Waals surface area contributed by atoms with Crippen molar-refractivity contribution >= 4 is 23.1 Å². The predicted octanol–water partition coefficient (Wildman–Crippen LogP) is 2.96. The fourth-order valence-electron chi connectivity index (χ4n) is 3.67. The molecule has 146 valence electrons. The first-order valence-corrected chi connectivity index (χ1v) is 10.4. The summed E-state index contributed by atoms with van der Waals surface area (Å²) in [6.07, 6.45) is 0. The second-order valence-electron chi connectivity index (χ2n) is 7.92. The van der Waals surface area contributed by atoms with Crippen LogP contribution >= 0.6 is 11.8 Å². The van der Waals surface area contributed by atoms with Gasteiger partial charge in [-0.2, -0.15) is 0 Å². The van der Waals surface area contributed by atoms with Gasteiger partial charge in [0.1, 0.15) is 12.6 Å². The van der Waals surface area contributed by atoms with Crippen LogP contribution in [0.4, 0.5) is 11.4 Å². The molecular formula is C24H27BrN2S. The molecule has 1 aliphatic rings. The molecule has 0 spiro atoms. The van der Waals surface area contributed by atoms with Gasteiger partial charge in [-0.1, -0.05) is 66.4 Å². The molecular weight excluding hydrogens is 428 g/mol. The molecule has 28 heavy (non-hydrogen) atoms. The van der Waals surface area contributed by atoms with Crippen LogP contribution < -0.4 is 21.9 Å². The molecule has 0 saturated carbocycles. The minimum absolute atomic E-state index is 0. The molecule has 0 fully saturated rings. The first-order chi connectivity index (χ1) is 13.0. The van der Waals surface area contributed by atoms with Crippen LogP contribution in [0.15, 0.2) is 88.7 Å². The summed E-state index contributed by atoms with van der Waals surface area (Å²) in [6, 6.07) is 28.8. The normalized spacial score (nSPS) is 13.9. The maximum Gasteiger partial charge on any atom is 0.104 e. The molecule has 0 N–H and O–H groups in total. The molecule has 0 radical (unpaired) electrons. The molecule has 1 unspecified atom stereocenters. The van der Waals surface area contributed by atoms with Crippen LogP contribution in [0, 0.1) is 0 Å². The summed E-state index contributed by atoms with van der Waals surface area (Å²) in [5.74, 6) is 0. The van der Waals surface area contributed by atoms with Crippen molar-refractivity contribution in [1.82, 2.24) is 0 Å². The van der Waals surface area contributed by atoms with E-state index in [0.29, 0.717) is 6.04 Å². The van der Waals surface area contributed by atoms with Crippen LogP contribution in [0.5, 0.6) is 0 Å². The van der Waals surface area contributed by atoms with E-state index >= 15 is 0 Å². The molecule has 4 heteroatoms. The SMILES string of the molecule is CC(CN1c2ccccc2Sc2ccccc21)[N+](C)(C)Cc1ccccc1.[Br-]. The monoisotopic (exact) mass is 454 g/mol. The maximum atomic E-state index is 2.51. The van der Waals surface area contributed by atoms with Gasteiger partial charge < -0.3 is 26.4 Å². The summed E-state index contributed by atoms with van der Waals surface area (Å²) in [5.41, 5.74) is 4.05. The van der Waals surface area contributed by atoms with Gasteiger partial charge >= 0.3 is 0 Å². The molecule has 1 atom stereocenters. The van der Waals surface area contributed by atoms with Crippen molar-refractivity contribution < 1.29 is 21.5 Å². The van der Waals surface area contributed by atoms with Gasteiger partial charge in [-0.05, 0) is 31.2 Å². The van der Waals surface area contributed by atoms with Crippen LogP contribution in [-0.4, -0.2) is 31.2 Å². The fraction of sp³-hybridized carbons (Fsp3) is 0.250. The highest BCUT2D eigenvalue weighted by Gasteiger charge is 2.30. The minimum Gasteiger partial charge on any atom is -1.00 e. The molecule has 0 saturated heterocycles. The summed E-state index contributed by atoms with van der Waals surface area (Å²) in [6.45, 7) is 4.40. The van der Waals surface area contributed by atoms with Gasteiger partial charge in [0.2, 0.25) is 0 Å². The molecule has 3 aromatic carbocycles. The quantitative estimate of drug-likeness (QED) is 0.545. The number of rotatable bonds is 5. The summed E-state index contributed by atoms with van der Waals surface area (Å²) in [5, 5.41) is 0. The highest BCUT2D eigenvalue weighted by atomic mass is 79.9. The summed E-state index contributed by atoms with van der Waals surface area (Å²) < 4.78 is 0.956. The Morgan fingerprint density at radius 1 is 0.786 bits per heavy atom. The van der Waals surface area contributed by atoms with Gasteiger partial charge in [0, 0.05) is 15.4 Å². The van der Waals surface area contributed by atoms with Gasteiger partial charge in [-0.25, -0.2) is 0 Å². The van der Waals surface area contributed by atoms with Crippen LogP contribution in [0.25, 0.3) is 0 Å². The first kappa shape index (κ1) is 21.0. The van der Waals surface area contributed by atoms with E-state index < -0.39 is 0 Å². The standard InChI is InChI=1S/C24H27N2S.BrH/c1-19(26(2,3)18-20-11-5-4-6-12-20)17-25-21-13-7-9-15-23(21)27-24-16-10-8-14-22(24)25;/h4-16,19H,17-18H2,1-3H3;1H/q+1;/p-1. The second-order valence-corrected chi connectivity index (χ2v) is 9.00. The van der Waals surface area contributed by atoms with Crippen molar-refractivity contribution in [2.45, 2.75) is 29.3 Å². The third-order valence-electron chi connectivity index (χ3n) is 5.60. The van der Waals surface area contributed by atoms with E-state index in [0.717, 1.165) is 17.6 Å². The van der Waals surface area contributed by atoms with Crippen molar-refractivity contribution in [2.24, 2.45) is 0 Å².